The first-order valence-electron chi connectivity index (χ1n) is 9.50. The van der Waals surface area contributed by atoms with Gasteiger partial charge in [-0.3, -0.25) is 4.79 Å². The average Bonchev–Trinajstić information content (AvgIpc) is 3.19. The van der Waals surface area contributed by atoms with E-state index in [1.54, 1.807) is 0 Å². The number of amides is 1. The SMILES string of the molecule is O=C([C@H](O)Cc1ccccc1)N(CCc1ccccc1)C[C@@H]1CCCN1. The van der Waals surface area contributed by atoms with Crippen LogP contribution in [0.25, 0.3) is 0 Å². The quantitative estimate of drug-likeness (QED) is 0.767. The Balaban J connectivity index is 1.63. The Morgan fingerprint density at radius 3 is 2.35 bits per heavy atom. The number of hydrogen-bond donors (Lipinski definition) is 2. The first-order valence-corrected chi connectivity index (χ1v) is 9.50. The molecule has 26 heavy (non-hydrogen) atoms. The van der Waals surface area contributed by atoms with Crippen LogP contribution in [0, 0.1) is 0 Å². The van der Waals surface area contributed by atoms with E-state index in [0.29, 0.717) is 25.6 Å². The Morgan fingerprint density at radius 1 is 1.08 bits per heavy atom. The summed E-state index contributed by atoms with van der Waals surface area (Å²) in [6, 6.07) is 20.2. The Kier molecular flexibility index (Phi) is 6.81. The number of aliphatic hydroxyl groups is 1. The van der Waals surface area contributed by atoms with Gasteiger partial charge in [0, 0.05) is 25.6 Å². The van der Waals surface area contributed by atoms with Crippen molar-refractivity contribution in [3.8, 4) is 0 Å². The van der Waals surface area contributed by atoms with Crippen LogP contribution in [0.1, 0.15) is 24.0 Å². The molecule has 4 nitrogen and oxygen atoms in total. The molecular weight excluding hydrogens is 324 g/mol. The lowest BCUT2D eigenvalue weighted by Crippen LogP contribution is -2.46. The topological polar surface area (TPSA) is 52.6 Å². The summed E-state index contributed by atoms with van der Waals surface area (Å²) >= 11 is 0. The van der Waals surface area contributed by atoms with E-state index in [1.807, 2.05) is 53.4 Å². The van der Waals surface area contributed by atoms with Crippen LogP contribution in [-0.2, 0) is 17.6 Å². The van der Waals surface area contributed by atoms with Crippen LogP contribution in [0.5, 0.6) is 0 Å². The molecule has 0 aromatic heterocycles. The second-order valence-electron chi connectivity index (χ2n) is 7.02. The third-order valence-corrected chi connectivity index (χ3v) is 4.98. The smallest absolute Gasteiger partial charge is 0.251 e. The van der Waals surface area contributed by atoms with Crippen molar-refractivity contribution >= 4 is 5.91 Å². The number of carbonyl (C=O) groups is 1. The fourth-order valence-electron chi connectivity index (χ4n) is 3.51. The lowest BCUT2D eigenvalue weighted by Gasteiger charge is -2.28. The molecule has 2 aromatic rings. The molecule has 2 atom stereocenters. The third kappa shape index (κ3) is 5.41. The van der Waals surface area contributed by atoms with Gasteiger partial charge in [-0.2, -0.15) is 0 Å². The molecule has 0 spiro atoms. The second kappa shape index (κ2) is 9.51. The van der Waals surface area contributed by atoms with Gasteiger partial charge in [0.05, 0.1) is 0 Å². The van der Waals surface area contributed by atoms with Gasteiger partial charge in [0.15, 0.2) is 0 Å². The molecule has 2 aromatic carbocycles. The number of aliphatic hydroxyl groups excluding tert-OH is 1. The number of nitrogens with one attached hydrogen (secondary N) is 1. The molecule has 1 amide bonds. The summed E-state index contributed by atoms with van der Waals surface area (Å²) in [5.74, 6) is -0.168. The molecule has 1 aliphatic heterocycles. The minimum absolute atomic E-state index is 0.168. The number of carbonyl (C=O) groups excluding carboxylic acids is 1. The lowest BCUT2D eigenvalue weighted by molar-refractivity contribution is -0.140. The van der Waals surface area contributed by atoms with Crippen molar-refractivity contribution in [1.82, 2.24) is 10.2 Å². The Morgan fingerprint density at radius 2 is 1.73 bits per heavy atom. The highest BCUT2D eigenvalue weighted by Gasteiger charge is 2.26. The predicted octanol–water partition coefficient (Wildman–Crippen LogP) is 2.41. The van der Waals surface area contributed by atoms with E-state index in [1.165, 1.54) is 5.56 Å². The van der Waals surface area contributed by atoms with E-state index in [-0.39, 0.29) is 5.91 Å². The van der Waals surface area contributed by atoms with Gasteiger partial charge in [-0.05, 0) is 36.9 Å². The molecular formula is C22H28N2O2. The zero-order chi connectivity index (χ0) is 18.2. The van der Waals surface area contributed by atoms with Gasteiger partial charge >= 0.3 is 0 Å². The molecule has 1 fully saturated rings. The van der Waals surface area contributed by atoms with Crippen molar-refractivity contribution in [2.75, 3.05) is 19.6 Å². The van der Waals surface area contributed by atoms with Gasteiger partial charge < -0.3 is 15.3 Å². The summed E-state index contributed by atoms with van der Waals surface area (Å²) in [5, 5.41) is 14.0. The van der Waals surface area contributed by atoms with Crippen molar-refractivity contribution in [3.63, 3.8) is 0 Å². The molecule has 0 saturated carbocycles. The van der Waals surface area contributed by atoms with Crippen molar-refractivity contribution < 1.29 is 9.90 Å². The van der Waals surface area contributed by atoms with Gasteiger partial charge in [0.1, 0.15) is 6.10 Å². The van der Waals surface area contributed by atoms with Crippen molar-refractivity contribution in [3.05, 3.63) is 71.8 Å². The summed E-state index contributed by atoms with van der Waals surface area (Å²) in [7, 11) is 0. The molecule has 0 aliphatic carbocycles. The summed E-state index contributed by atoms with van der Waals surface area (Å²) in [6.07, 6.45) is 2.41. The van der Waals surface area contributed by atoms with Crippen LogP contribution in [0.2, 0.25) is 0 Å². The van der Waals surface area contributed by atoms with E-state index < -0.39 is 6.10 Å². The van der Waals surface area contributed by atoms with Gasteiger partial charge in [-0.25, -0.2) is 0 Å². The molecule has 4 heteroatoms. The standard InChI is InChI=1S/C22H28N2O2/c25-21(16-19-10-5-2-6-11-19)22(26)24(17-20-12-7-14-23-20)15-13-18-8-3-1-4-9-18/h1-6,8-11,20-21,23,25H,7,12-17H2/t20-,21+/m0/s1. The molecule has 3 rings (SSSR count). The Labute approximate surface area is 155 Å². The van der Waals surface area contributed by atoms with E-state index in [2.05, 4.69) is 17.4 Å². The van der Waals surface area contributed by atoms with E-state index in [9.17, 15) is 9.90 Å². The monoisotopic (exact) mass is 352 g/mol. The minimum atomic E-state index is -0.991. The highest BCUT2D eigenvalue weighted by Crippen LogP contribution is 2.12. The van der Waals surface area contributed by atoms with Crippen LogP contribution < -0.4 is 5.32 Å². The first-order chi connectivity index (χ1) is 12.7. The number of nitrogens with zero attached hydrogens (tertiary/aromatic N) is 1. The molecule has 0 unspecified atom stereocenters. The van der Waals surface area contributed by atoms with Crippen molar-refractivity contribution in [2.24, 2.45) is 0 Å². The van der Waals surface area contributed by atoms with E-state index in [0.717, 1.165) is 31.4 Å². The Hall–Kier alpha value is -2.17. The van der Waals surface area contributed by atoms with Crippen LogP contribution in [-0.4, -0.2) is 47.7 Å². The maximum Gasteiger partial charge on any atom is 0.251 e. The van der Waals surface area contributed by atoms with E-state index in [4.69, 9.17) is 0 Å². The van der Waals surface area contributed by atoms with Gasteiger partial charge in [0.25, 0.3) is 5.91 Å². The van der Waals surface area contributed by atoms with Gasteiger partial charge in [0.2, 0.25) is 0 Å². The van der Waals surface area contributed by atoms with Gasteiger partial charge in [-0.15, -0.1) is 0 Å². The van der Waals surface area contributed by atoms with Crippen LogP contribution >= 0.6 is 0 Å². The predicted molar refractivity (Wildman–Crippen MR) is 104 cm³/mol. The average molecular weight is 352 g/mol. The maximum absolute atomic E-state index is 12.9. The lowest BCUT2D eigenvalue weighted by atomic mass is 10.1. The van der Waals surface area contributed by atoms with E-state index >= 15 is 0 Å². The summed E-state index contributed by atoms with van der Waals surface area (Å²) in [4.78, 5) is 14.7. The molecule has 138 valence electrons. The normalized spacial score (nSPS) is 17.8. The number of rotatable bonds is 8. The van der Waals surface area contributed by atoms with Crippen molar-refractivity contribution in [2.45, 2.75) is 37.8 Å². The van der Waals surface area contributed by atoms with Crippen molar-refractivity contribution in [1.29, 1.82) is 0 Å². The van der Waals surface area contributed by atoms with Crippen LogP contribution in [0.15, 0.2) is 60.7 Å². The van der Waals surface area contributed by atoms with Crippen LogP contribution in [0.4, 0.5) is 0 Å². The Bertz CT molecular complexity index is 669. The number of hydrogen-bond acceptors (Lipinski definition) is 3. The molecule has 1 aliphatic rings. The number of benzene rings is 2. The van der Waals surface area contributed by atoms with Crippen LogP contribution in [0.3, 0.4) is 0 Å². The third-order valence-electron chi connectivity index (χ3n) is 4.98. The highest BCUT2D eigenvalue weighted by atomic mass is 16.3. The fourth-order valence-corrected chi connectivity index (χ4v) is 3.51. The highest BCUT2D eigenvalue weighted by molar-refractivity contribution is 5.81. The second-order valence-corrected chi connectivity index (χ2v) is 7.02. The zero-order valence-electron chi connectivity index (χ0n) is 15.2. The summed E-state index contributed by atoms with van der Waals surface area (Å²) < 4.78 is 0. The summed E-state index contributed by atoms with van der Waals surface area (Å²) in [5.41, 5.74) is 2.19. The maximum atomic E-state index is 12.9. The summed E-state index contributed by atoms with van der Waals surface area (Å²) in [6.45, 7) is 2.31. The molecule has 0 bridgehead atoms. The fraction of sp³-hybridized carbons (Fsp3) is 0.409. The minimum Gasteiger partial charge on any atom is -0.383 e. The zero-order valence-corrected chi connectivity index (χ0v) is 15.2. The first kappa shape index (κ1) is 18.6. The van der Waals surface area contributed by atoms with Gasteiger partial charge in [-0.1, -0.05) is 60.7 Å². The molecule has 0 radical (unpaired) electrons. The molecule has 1 heterocycles. The molecule has 2 N–H and O–H groups in total. The largest absolute Gasteiger partial charge is 0.383 e. The molecule has 1 saturated heterocycles.